The van der Waals surface area contributed by atoms with Crippen molar-refractivity contribution in [3.63, 3.8) is 0 Å². The zero-order chi connectivity index (χ0) is 20.9. The summed E-state index contributed by atoms with van der Waals surface area (Å²) < 4.78 is 32.8. The molecule has 30 heavy (non-hydrogen) atoms. The van der Waals surface area contributed by atoms with E-state index in [-0.39, 0.29) is 11.1 Å². The summed E-state index contributed by atoms with van der Waals surface area (Å²) >= 11 is 1.64. The number of carbonyl (C=O) groups excluding carboxylic acids is 1. The molecule has 0 radical (unpaired) electrons. The van der Waals surface area contributed by atoms with Gasteiger partial charge < -0.3 is 15.0 Å². The van der Waals surface area contributed by atoms with Crippen LogP contribution in [0.3, 0.4) is 0 Å². The molecule has 0 aromatic heterocycles. The fourth-order valence-corrected chi connectivity index (χ4v) is 4.46. The van der Waals surface area contributed by atoms with E-state index >= 15 is 0 Å². The number of urea groups is 1. The topological polar surface area (TPSA) is 41.6 Å². The van der Waals surface area contributed by atoms with Gasteiger partial charge in [0.25, 0.3) is 0 Å². The zero-order valence-electron chi connectivity index (χ0n) is 16.1. The summed E-state index contributed by atoms with van der Waals surface area (Å²) in [6.07, 6.45) is 0. The minimum atomic E-state index is -0.799. The average molecular weight is 426 g/mol. The van der Waals surface area contributed by atoms with Crippen LogP contribution in [0, 0.1) is 11.6 Å². The Morgan fingerprint density at radius 3 is 2.57 bits per heavy atom. The molecule has 0 aliphatic carbocycles. The summed E-state index contributed by atoms with van der Waals surface area (Å²) in [6, 6.07) is 20.2. The molecule has 3 aromatic rings. The first-order valence-electron chi connectivity index (χ1n) is 9.51. The van der Waals surface area contributed by atoms with Crippen LogP contribution in [0.5, 0.6) is 5.75 Å². The Labute approximate surface area is 177 Å². The van der Waals surface area contributed by atoms with E-state index in [1.54, 1.807) is 16.7 Å². The van der Waals surface area contributed by atoms with Gasteiger partial charge in [-0.05, 0) is 35.4 Å². The molecule has 0 bridgehead atoms. The van der Waals surface area contributed by atoms with Gasteiger partial charge >= 0.3 is 6.03 Å². The lowest BCUT2D eigenvalue weighted by Crippen LogP contribution is -2.34. The van der Waals surface area contributed by atoms with Crippen LogP contribution in [0.2, 0.25) is 0 Å². The Morgan fingerprint density at radius 2 is 1.83 bits per heavy atom. The van der Waals surface area contributed by atoms with Crippen molar-refractivity contribution in [3.8, 4) is 5.75 Å². The zero-order valence-corrected chi connectivity index (χ0v) is 16.9. The molecule has 7 heteroatoms. The Morgan fingerprint density at radius 1 is 1.07 bits per heavy atom. The summed E-state index contributed by atoms with van der Waals surface area (Å²) in [6.45, 7) is 1.02. The number of thioether (sulfide) groups is 1. The summed E-state index contributed by atoms with van der Waals surface area (Å²) in [4.78, 5) is 14.3. The average Bonchev–Trinajstić information content (AvgIpc) is 3.25. The number of anilines is 1. The number of hydrogen-bond donors (Lipinski definition) is 1. The van der Waals surface area contributed by atoms with Crippen LogP contribution in [0.4, 0.5) is 19.3 Å². The third-order valence-corrected chi connectivity index (χ3v) is 6.00. The Bertz CT molecular complexity index is 1020. The number of rotatable bonds is 5. The van der Waals surface area contributed by atoms with Crippen LogP contribution in [0.15, 0.2) is 72.8 Å². The molecule has 0 saturated carbocycles. The second-order valence-corrected chi connectivity index (χ2v) is 8.00. The highest BCUT2D eigenvalue weighted by molar-refractivity contribution is 7.99. The molecule has 1 saturated heterocycles. The molecular formula is C23H20F2N2O2S. The van der Waals surface area contributed by atoms with Gasteiger partial charge in [0.15, 0.2) is 0 Å². The largest absolute Gasteiger partial charge is 0.489 e. The Hall–Kier alpha value is -3.06. The molecule has 4 nitrogen and oxygen atoms in total. The van der Waals surface area contributed by atoms with Crippen LogP contribution < -0.4 is 10.1 Å². The number of nitrogens with zero attached hydrogens (tertiary/aromatic N) is 1. The van der Waals surface area contributed by atoms with Gasteiger partial charge in [-0.3, -0.25) is 0 Å². The SMILES string of the molecule is O=C(Nc1ccc(F)cc1F)N1CCS[C@H]1c1ccc(OCc2ccccc2)cc1. The van der Waals surface area contributed by atoms with Crippen LogP contribution in [0.1, 0.15) is 16.5 Å². The van der Waals surface area contributed by atoms with Crippen LogP contribution in [-0.2, 0) is 6.61 Å². The lowest BCUT2D eigenvalue weighted by atomic mass is 10.2. The maximum absolute atomic E-state index is 13.9. The molecule has 1 N–H and O–H groups in total. The summed E-state index contributed by atoms with van der Waals surface area (Å²) in [5.41, 5.74) is 2.00. The number of halogens is 2. The van der Waals surface area contributed by atoms with Crippen molar-refractivity contribution in [1.82, 2.24) is 4.90 Å². The molecule has 1 aliphatic rings. The van der Waals surface area contributed by atoms with Crippen molar-refractivity contribution in [1.29, 1.82) is 0 Å². The summed E-state index contributed by atoms with van der Waals surface area (Å²) in [5, 5.41) is 2.35. The van der Waals surface area contributed by atoms with E-state index in [2.05, 4.69) is 5.32 Å². The maximum atomic E-state index is 13.9. The molecule has 1 aliphatic heterocycles. The van der Waals surface area contributed by atoms with Gasteiger partial charge in [0.2, 0.25) is 0 Å². The van der Waals surface area contributed by atoms with Crippen molar-refractivity contribution in [3.05, 3.63) is 95.6 Å². The second kappa shape index (κ2) is 9.17. The van der Waals surface area contributed by atoms with E-state index in [0.717, 1.165) is 34.8 Å². The highest BCUT2D eigenvalue weighted by Gasteiger charge is 2.31. The molecule has 154 valence electrons. The molecule has 1 heterocycles. The van der Waals surface area contributed by atoms with Crippen molar-refractivity contribution in [2.45, 2.75) is 12.0 Å². The van der Waals surface area contributed by atoms with Gasteiger partial charge in [-0.2, -0.15) is 0 Å². The van der Waals surface area contributed by atoms with E-state index in [0.29, 0.717) is 13.2 Å². The maximum Gasteiger partial charge on any atom is 0.323 e. The Balaban J connectivity index is 1.40. The van der Waals surface area contributed by atoms with Gasteiger partial charge in [-0.15, -0.1) is 11.8 Å². The monoisotopic (exact) mass is 426 g/mol. The third-order valence-electron chi connectivity index (χ3n) is 4.74. The molecule has 3 aromatic carbocycles. The lowest BCUT2D eigenvalue weighted by Gasteiger charge is -2.24. The van der Waals surface area contributed by atoms with E-state index in [1.807, 2.05) is 54.6 Å². The summed E-state index contributed by atoms with van der Waals surface area (Å²) in [7, 11) is 0. The first-order chi connectivity index (χ1) is 14.6. The van der Waals surface area contributed by atoms with Gasteiger partial charge in [-0.1, -0.05) is 42.5 Å². The Kier molecular flexibility index (Phi) is 6.18. The molecular weight excluding hydrogens is 406 g/mol. The van der Waals surface area contributed by atoms with Gasteiger partial charge in [0, 0.05) is 18.4 Å². The number of hydrogen-bond acceptors (Lipinski definition) is 3. The van der Waals surface area contributed by atoms with Crippen LogP contribution >= 0.6 is 11.8 Å². The number of benzene rings is 3. The normalized spacial score (nSPS) is 15.8. The number of carbonyl (C=O) groups is 1. The first kappa shape index (κ1) is 20.2. The van der Waals surface area contributed by atoms with Gasteiger partial charge in [0.05, 0.1) is 5.69 Å². The molecule has 0 unspecified atom stereocenters. The highest BCUT2D eigenvalue weighted by atomic mass is 32.2. The standard InChI is InChI=1S/C23H20F2N2O2S/c24-18-8-11-21(20(25)14-18)26-23(28)27-12-13-30-22(27)17-6-9-19(10-7-17)29-15-16-4-2-1-3-5-16/h1-11,14,22H,12-13,15H2,(H,26,28)/t22-/m0/s1. The van der Waals surface area contributed by atoms with Gasteiger partial charge in [0.1, 0.15) is 29.4 Å². The quantitative estimate of drug-likeness (QED) is 0.559. The molecule has 1 atom stereocenters. The fraction of sp³-hybridized carbons (Fsp3) is 0.174. The first-order valence-corrected chi connectivity index (χ1v) is 10.6. The molecule has 4 rings (SSSR count). The summed E-state index contributed by atoms with van der Waals surface area (Å²) in [5.74, 6) is 0.0345. The van der Waals surface area contributed by atoms with E-state index in [4.69, 9.17) is 4.74 Å². The van der Waals surface area contributed by atoms with E-state index in [9.17, 15) is 13.6 Å². The third kappa shape index (κ3) is 4.74. The number of nitrogens with one attached hydrogen (secondary N) is 1. The molecule has 2 amide bonds. The molecule has 1 fully saturated rings. The van der Waals surface area contributed by atoms with E-state index < -0.39 is 17.7 Å². The van der Waals surface area contributed by atoms with Crippen LogP contribution in [-0.4, -0.2) is 23.2 Å². The minimum absolute atomic E-state index is 0.0401. The second-order valence-electron chi connectivity index (χ2n) is 6.81. The minimum Gasteiger partial charge on any atom is -0.489 e. The molecule has 0 spiro atoms. The predicted octanol–water partition coefficient (Wildman–Crippen LogP) is 5.82. The van der Waals surface area contributed by atoms with Crippen molar-refractivity contribution in [2.75, 3.05) is 17.6 Å². The van der Waals surface area contributed by atoms with Crippen molar-refractivity contribution >= 4 is 23.5 Å². The van der Waals surface area contributed by atoms with Crippen LogP contribution in [0.25, 0.3) is 0 Å². The lowest BCUT2D eigenvalue weighted by molar-refractivity contribution is 0.214. The fourth-order valence-electron chi connectivity index (χ4n) is 3.20. The van der Waals surface area contributed by atoms with E-state index in [1.165, 1.54) is 6.07 Å². The predicted molar refractivity (Wildman–Crippen MR) is 114 cm³/mol. The number of amides is 2. The van der Waals surface area contributed by atoms with Gasteiger partial charge in [-0.25, -0.2) is 13.6 Å². The number of ether oxygens (including phenoxy) is 1. The van der Waals surface area contributed by atoms with Crippen molar-refractivity contribution < 1.29 is 18.3 Å². The highest BCUT2D eigenvalue weighted by Crippen LogP contribution is 2.38. The van der Waals surface area contributed by atoms with Crippen molar-refractivity contribution in [2.24, 2.45) is 0 Å². The smallest absolute Gasteiger partial charge is 0.323 e.